The van der Waals surface area contributed by atoms with Crippen molar-refractivity contribution in [3.63, 3.8) is 0 Å². The van der Waals surface area contributed by atoms with Crippen LogP contribution in [0.3, 0.4) is 0 Å². The fourth-order valence-electron chi connectivity index (χ4n) is 3.62. The molecule has 2 N–H and O–H groups in total. The molecule has 2 aliphatic heterocycles. The summed E-state index contributed by atoms with van der Waals surface area (Å²) in [6.07, 6.45) is 0. The van der Waals surface area contributed by atoms with Gasteiger partial charge in [-0.05, 0) is 23.6 Å². The minimum atomic E-state index is -0.633. The van der Waals surface area contributed by atoms with Crippen molar-refractivity contribution in [1.82, 2.24) is 9.55 Å². The summed E-state index contributed by atoms with van der Waals surface area (Å²) in [6.45, 7) is 4.47. The zero-order chi connectivity index (χ0) is 19.3. The van der Waals surface area contributed by atoms with Crippen LogP contribution in [0.15, 0.2) is 45.1 Å². The highest BCUT2D eigenvalue weighted by Gasteiger charge is 2.41. The number of carbonyl (C=O) groups is 1. The van der Waals surface area contributed by atoms with E-state index in [0.29, 0.717) is 34.2 Å². The van der Waals surface area contributed by atoms with Gasteiger partial charge in [0.2, 0.25) is 0 Å². The third-order valence-electron chi connectivity index (χ3n) is 4.73. The van der Waals surface area contributed by atoms with Crippen LogP contribution in [-0.4, -0.2) is 22.1 Å². The summed E-state index contributed by atoms with van der Waals surface area (Å²) >= 11 is 6.00. The zero-order valence-electron chi connectivity index (χ0n) is 14.8. The number of hydrogen-bond acceptors (Lipinski definition) is 5. The van der Waals surface area contributed by atoms with E-state index in [1.807, 2.05) is 13.8 Å². The second kappa shape index (κ2) is 6.42. The molecule has 0 radical (unpaired) electrons. The number of nitrogens with zero attached hydrogens (tertiary/aromatic N) is 1. The summed E-state index contributed by atoms with van der Waals surface area (Å²) in [5.41, 5.74) is 1.03. The van der Waals surface area contributed by atoms with Gasteiger partial charge in [0, 0.05) is 11.6 Å². The maximum Gasteiger partial charge on any atom is 0.337 e. The number of fused-ring (bicyclic) bond motifs is 1. The molecule has 0 fully saturated rings. The molecule has 7 nitrogen and oxygen atoms in total. The maximum absolute atomic E-state index is 12.8. The molecule has 4 rings (SSSR count). The Morgan fingerprint density at radius 3 is 2.59 bits per heavy atom. The molecule has 0 amide bonds. The van der Waals surface area contributed by atoms with Crippen molar-refractivity contribution in [2.24, 2.45) is 5.92 Å². The summed E-state index contributed by atoms with van der Waals surface area (Å²) in [5, 5.41) is 3.66. The molecule has 8 heteroatoms. The number of aromatic nitrogens is 2. The van der Waals surface area contributed by atoms with Gasteiger partial charge in [0.1, 0.15) is 12.4 Å². The highest BCUT2D eigenvalue weighted by atomic mass is 35.5. The molecule has 27 heavy (non-hydrogen) atoms. The average Bonchev–Trinajstić information content (AvgIpc) is 2.98. The predicted molar refractivity (Wildman–Crippen MR) is 101 cm³/mol. The van der Waals surface area contributed by atoms with Gasteiger partial charge in [0.15, 0.2) is 0 Å². The van der Waals surface area contributed by atoms with E-state index >= 15 is 0 Å². The van der Waals surface area contributed by atoms with Gasteiger partial charge < -0.3 is 10.1 Å². The number of halogens is 1. The van der Waals surface area contributed by atoms with E-state index in [1.54, 1.807) is 24.3 Å². The van der Waals surface area contributed by atoms with Crippen LogP contribution in [0.25, 0.3) is 0 Å². The molecule has 0 saturated carbocycles. The Balaban J connectivity index is 2.01. The summed E-state index contributed by atoms with van der Waals surface area (Å²) in [5.74, 6) is -0.504. The van der Waals surface area contributed by atoms with Crippen LogP contribution in [0, 0.1) is 5.92 Å². The Morgan fingerprint density at radius 2 is 1.93 bits per heavy atom. The third kappa shape index (κ3) is 2.88. The van der Waals surface area contributed by atoms with Crippen LogP contribution >= 0.6 is 11.6 Å². The lowest BCUT2D eigenvalue weighted by Gasteiger charge is -2.28. The first kappa shape index (κ1) is 17.6. The van der Waals surface area contributed by atoms with E-state index in [-0.39, 0.29) is 12.5 Å². The topological polar surface area (TPSA) is 93.2 Å². The van der Waals surface area contributed by atoms with Gasteiger partial charge in [0.05, 0.1) is 22.8 Å². The van der Waals surface area contributed by atoms with Crippen LogP contribution in [0.5, 0.6) is 0 Å². The quantitative estimate of drug-likeness (QED) is 0.788. The lowest BCUT2D eigenvalue weighted by Crippen LogP contribution is -2.39. The van der Waals surface area contributed by atoms with Gasteiger partial charge in [-0.3, -0.25) is 14.3 Å². The third-order valence-corrected chi connectivity index (χ3v) is 4.98. The summed E-state index contributed by atoms with van der Waals surface area (Å²) in [4.78, 5) is 40.0. The molecule has 0 aliphatic carbocycles. The minimum absolute atomic E-state index is 0.0837. The number of hydrogen-bond donors (Lipinski definition) is 2. The number of cyclic esters (lactones) is 1. The molecule has 0 unspecified atom stereocenters. The molecule has 0 spiro atoms. The maximum atomic E-state index is 12.8. The normalized spacial score (nSPS) is 18.2. The van der Waals surface area contributed by atoms with Crippen molar-refractivity contribution < 1.29 is 9.53 Å². The SMILES string of the molecule is CC(C)Cn1c2c(c(=O)[nH]c1=O)[C@@H](c1ccc(Cl)cc1)C1=C(COC1=O)N2. The number of aromatic amines is 1. The summed E-state index contributed by atoms with van der Waals surface area (Å²) < 4.78 is 6.71. The molecule has 0 bridgehead atoms. The fraction of sp³-hybridized carbons (Fsp3) is 0.316. The van der Waals surface area contributed by atoms with Gasteiger partial charge in [-0.2, -0.15) is 0 Å². The fourth-order valence-corrected chi connectivity index (χ4v) is 3.74. The van der Waals surface area contributed by atoms with Crippen molar-refractivity contribution in [3.8, 4) is 0 Å². The number of H-pyrrole nitrogens is 1. The first-order valence-electron chi connectivity index (χ1n) is 8.66. The lowest BCUT2D eigenvalue weighted by atomic mass is 9.83. The second-order valence-corrected chi connectivity index (χ2v) is 7.54. The Morgan fingerprint density at radius 1 is 1.22 bits per heavy atom. The number of nitrogens with one attached hydrogen (secondary N) is 2. The first-order valence-corrected chi connectivity index (χ1v) is 9.04. The Hall–Kier alpha value is -2.80. The van der Waals surface area contributed by atoms with Crippen LogP contribution < -0.4 is 16.6 Å². The van der Waals surface area contributed by atoms with Crippen LogP contribution in [0.2, 0.25) is 5.02 Å². The summed E-state index contributed by atoms with van der Waals surface area (Å²) in [7, 11) is 0. The second-order valence-electron chi connectivity index (χ2n) is 7.10. The Kier molecular flexibility index (Phi) is 4.19. The lowest BCUT2D eigenvalue weighted by molar-refractivity contribution is -0.136. The predicted octanol–water partition coefficient (Wildman–Crippen LogP) is 2.21. The number of carbonyl (C=O) groups excluding carboxylic acids is 1. The number of ether oxygens (including phenoxy) is 1. The van der Waals surface area contributed by atoms with Crippen molar-refractivity contribution in [3.05, 3.63) is 72.5 Å². The van der Waals surface area contributed by atoms with Gasteiger partial charge >= 0.3 is 11.7 Å². The molecule has 0 saturated heterocycles. The van der Waals surface area contributed by atoms with E-state index in [4.69, 9.17) is 16.3 Å². The molecule has 1 aromatic heterocycles. The first-order chi connectivity index (χ1) is 12.9. The van der Waals surface area contributed by atoms with E-state index in [0.717, 1.165) is 5.56 Å². The van der Waals surface area contributed by atoms with Gasteiger partial charge in [0.25, 0.3) is 5.56 Å². The highest BCUT2D eigenvalue weighted by Crippen LogP contribution is 2.42. The van der Waals surface area contributed by atoms with Crippen LogP contribution in [-0.2, 0) is 16.1 Å². The number of esters is 1. The zero-order valence-corrected chi connectivity index (χ0v) is 15.6. The van der Waals surface area contributed by atoms with E-state index in [9.17, 15) is 14.4 Å². The average molecular weight is 388 g/mol. The van der Waals surface area contributed by atoms with Crippen LogP contribution in [0.1, 0.15) is 30.9 Å². The van der Waals surface area contributed by atoms with Gasteiger partial charge in [-0.15, -0.1) is 0 Å². The largest absolute Gasteiger partial charge is 0.456 e. The van der Waals surface area contributed by atoms with Gasteiger partial charge in [-0.1, -0.05) is 37.6 Å². The van der Waals surface area contributed by atoms with Crippen molar-refractivity contribution in [2.45, 2.75) is 26.3 Å². The monoisotopic (exact) mass is 387 g/mol. The molecular formula is C19H18ClN3O4. The Bertz CT molecular complexity index is 1080. The molecule has 140 valence electrons. The molecule has 2 aliphatic rings. The minimum Gasteiger partial charge on any atom is -0.456 e. The standard InChI is InChI=1S/C19H18ClN3O4/c1-9(2)7-23-16-15(17(24)22-19(23)26)13(10-3-5-11(20)6-4-10)14-12(21-16)8-27-18(14)25/h3-6,9,13,21H,7-8H2,1-2H3,(H,22,24,26)/t13-/m0/s1. The van der Waals surface area contributed by atoms with E-state index < -0.39 is 23.1 Å². The number of rotatable bonds is 3. The number of benzene rings is 1. The molecule has 1 atom stereocenters. The smallest absolute Gasteiger partial charge is 0.337 e. The van der Waals surface area contributed by atoms with E-state index in [2.05, 4.69) is 10.3 Å². The molecular weight excluding hydrogens is 370 g/mol. The van der Waals surface area contributed by atoms with Gasteiger partial charge in [-0.25, -0.2) is 9.59 Å². The van der Waals surface area contributed by atoms with Crippen molar-refractivity contribution in [2.75, 3.05) is 11.9 Å². The summed E-state index contributed by atoms with van der Waals surface area (Å²) in [6, 6.07) is 6.96. The van der Waals surface area contributed by atoms with Crippen LogP contribution in [0.4, 0.5) is 5.82 Å². The van der Waals surface area contributed by atoms with E-state index in [1.165, 1.54) is 4.57 Å². The molecule has 3 heterocycles. The number of anilines is 1. The molecule has 1 aromatic carbocycles. The molecule has 2 aromatic rings. The van der Waals surface area contributed by atoms with Crippen molar-refractivity contribution >= 4 is 23.4 Å². The van der Waals surface area contributed by atoms with Crippen molar-refractivity contribution in [1.29, 1.82) is 0 Å². The Labute approximate surface area is 159 Å². The highest BCUT2D eigenvalue weighted by molar-refractivity contribution is 6.30.